The molecular formula is C140H159B3N6. The molecule has 6 aliphatic heterocycles. The highest BCUT2D eigenvalue weighted by atomic mass is 15.2. The van der Waals surface area contributed by atoms with E-state index in [9.17, 15) is 0 Å². The van der Waals surface area contributed by atoms with Gasteiger partial charge in [0, 0.05) is 108 Å². The van der Waals surface area contributed by atoms with Crippen molar-refractivity contribution in [3.63, 3.8) is 0 Å². The van der Waals surface area contributed by atoms with Crippen LogP contribution in [-0.4, -0.2) is 20.1 Å². The Morgan fingerprint density at radius 2 is 0.262 bits per heavy atom. The lowest BCUT2D eigenvalue weighted by molar-refractivity contribution is 0.590. The summed E-state index contributed by atoms with van der Waals surface area (Å²) in [6.45, 7) is 87.7. The molecule has 0 radical (unpaired) electrons. The van der Waals surface area contributed by atoms with Crippen molar-refractivity contribution in [1.82, 2.24) is 0 Å². The van der Waals surface area contributed by atoms with Crippen LogP contribution >= 0.6 is 0 Å². The molecule has 6 aliphatic rings. The maximum Gasteiger partial charge on any atom is 0.252 e. The molecule has 149 heavy (non-hydrogen) atoms. The Hall–Kier alpha value is -12.7. The second kappa shape index (κ2) is 34.4. The van der Waals surface area contributed by atoms with Gasteiger partial charge < -0.3 is 29.4 Å². The molecule has 6 nitrogen and oxygen atoms in total. The first kappa shape index (κ1) is 102. The standard InChI is InChI=1S/C140H159B3N6/c1-128(2,3)86-38-56-98(57-39-86)144-113-71-50-92(134(19,20)21)80-107(113)141-110-83-95(137(28,29)30)53-74-116(110)147(101-62-44-89(45-63-101)131(10,11)12)125-104(68-77-119(144)122(125)141)140(37,105-69-78-120-123-126(105)148(102-64-46-90(47-65-102)132(13,14)15)117-75-54-96(138(31,32)33)84-111(117)142(123)108-81-93(135(22,23)24)51-72-114(108)145(120)99-58-40-87(41-59-99)129(4,5)6)106-70-79-121-124-127(106)149(103-66-48-91(49-67-103)133(16,17)18)118-76-55-97(139(34,35)36)85-112(118)143(124)109-82-94(136(25,26)27)52-73-115(109)146(121)100-60-42-88(43-61-100)130(7,8)9/h38-85H,1-37H3. The number of anilines is 18. The lowest BCUT2D eigenvalue weighted by atomic mass is 9.32. The van der Waals surface area contributed by atoms with Crippen LogP contribution < -0.4 is 78.6 Å². The van der Waals surface area contributed by atoms with Crippen LogP contribution in [0.5, 0.6) is 0 Å². The van der Waals surface area contributed by atoms with Gasteiger partial charge in [-0.25, -0.2) is 0 Å². The Bertz CT molecular complexity index is 7050. The van der Waals surface area contributed by atoms with Crippen LogP contribution in [0.15, 0.2) is 291 Å². The summed E-state index contributed by atoms with van der Waals surface area (Å²) in [5.74, 6) is 0. The normalized spacial score (nSPS) is 14.8. The summed E-state index contributed by atoms with van der Waals surface area (Å²) < 4.78 is 0. The van der Waals surface area contributed by atoms with Gasteiger partial charge in [0.05, 0.1) is 0 Å². The smallest absolute Gasteiger partial charge is 0.252 e. The first-order valence-corrected chi connectivity index (χ1v) is 55.2. The van der Waals surface area contributed by atoms with E-state index >= 15 is 0 Å². The van der Waals surface area contributed by atoms with Gasteiger partial charge in [-0.3, -0.25) is 0 Å². The molecule has 21 rings (SSSR count). The highest BCUT2D eigenvalue weighted by Crippen LogP contribution is 2.61. The van der Waals surface area contributed by atoms with Crippen LogP contribution in [0.2, 0.25) is 0 Å². The van der Waals surface area contributed by atoms with E-state index in [1.54, 1.807) is 0 Å². The van der Waals surface area contributed by atoms with E-state index in [2.05, 4.69) is 577 Å². The van der Waals surface area contributed by atoms with Crippen LogP contribution in [0, 0.1) is 0 Å². The highest BCUT2D eigenvalue weighted by Gasteiger charge is 2.56. The van der Waals surface area contributed by atoms with E-state index in [0.29, 0.717) is 0 Å². The molecule has 0 atom stereocenters. The first-order valence-electron chi connectivity index (χ1n) is 55.2. The van der Waals surface area contributed by atoms with Gasteiger partial charge in [0.15, 0.2) is 0 Å². The fraction of sp³-hybridized carbons (Fsp3) is 0.357. The maximum atomic E-state index is 2.80. The van der Waals surface area contributed by atoms with Crippen molar-refractivity contribution >= 4 is 172 Å². The third kappa shape index (κ3) is 17.2. The molecule has 15 aromatic rings. The molecule has 0 saturated carbocycles. The highest BCUT2D eigenvalue weighted by molar-refractivity contribution is 7.02. The fourth-order valence-electron chi connectivity index (χ4n) is 24.8. The van der Waals surface area contributed by atoms with E-state index in [0.717, 1.165) is 51.2 Å². The summed E-state index contributed by atoms with van der Waals surface area (Å²) in [6.07, 6.45) is 0. The van der Waals surface area contributed by atoms with Crippen LogP contribution in [0.3, 0.4) is 0 Å². The first-order chi connectivity index (χ1) is 69.4. The van der Waals surface area contributed by atoms with Crippen LogP contribution in [0.4, 0.5) is 102 Å². The predicted molar refractivity (Wildman–Crippen MR) is 651 cm³/mol. The Labute approximate surface area is 895 Å². The minimum Gasteiger partial charge on any atom is -0.311 e. The molecule has 758 valence electrons. The molecule has 0 N–H and O–H groups in total. The van der Waals surface area contributed by atoms with Crippen molar-refractivity contribution in [3.05, 3.63) is 375 Å². The summed E-state index contributed by atoms with van der Waals surface area (Å²) in [4.78, 5) is 16.4. The number of benzene rings is 15. The number of fused-ring (bicyclic) bond motifs is 12. The topological polar surface area (TPSA) is 19.4 Å². The van der Waals surface area contributed by atoms with Crippen molar-refractivity contribution in [3.8, 4) is 0 Å². The monoisotopic (exact) mass is 1960 g/mol. The Morgan fingerprint density at radius 1 is 0.134 bits per heavy atom. The van der Waals surface area contributed by atoms with Gasteiger partial charge in [-0.05, 0) is 332 Å². The lowest BCUT2D eigenvalue weighted by Gasteiger charge is -2.51. The molecule has 0 amide bonds. The second-order valence-electron chi connectivity index (χ2n) is 57.0. The summed E-state index contributed by atoms with van der Waals surface area (Å²) >= 11 is 0. The molecule has 0 spiro atoms. The summed E-state index contributed by atoms with van der Waals surface area (Å²) in [5, 5.41) is 0. The third-order valence-corrected chi connectivity index (χ3v) is 34.1. The maximum absolute atomic E-state index is 2.80. The molecule has 0 aliphatic carbocycles. The van der Waals surface area contributed by atoms with Gasteiger partial charge in [0.25, 0.3) is 20.1 Å². The van der Waals surface area contributed by atoms with E-state index < -0.39 is 5.41 Å². The number of rotatable bonds is 9. The van der Waals surface area contributed by atoms with Gasteiger partial charge in [-0.15, -0.1) is 0 Å². The molecule has 0 saturated heterocycles. The average Bonchev–Trinajstić information content (AvgIpc) is 0.666. The van der Waals surface area contributed by atoms with E-state index in [-0.39, 0.29) is 85.1 Å². The van der Waals surface area contributed by atoms with Crippen LogP contribution in [0.25, 0.3) is 0 Å². The molecule has 6 heterocycles. The van der Waals surface area contributed by atoms with Crippen molar-refractivity contribution < 1.29 is 0 Å². The number of hydrogen-bond donors (Lipinski definition) is 0. The van der Waals surface area contributed by atoms with Gasteiger partial charge in [-0.2, -0.15) is 0 Å². The predicted octanol–water partition coefficient (Wildman–Crippen LogP) is 32.9. The Kier molecular flexibility index (Phi) is 23.6. The van der Waals surface area contributed by atoms with Crippen molar-refractivity contribution in [2.45, 2.75) is 327 Å². The molecule has 15 aromatic carbocycles. The molecule has 9 heteroatoms. The lowest BCUT2D eigenvalue weighted by Crippen LogP contribution is -2.63. The van der Waals surface area contributed by atoms with E-state index in [4.69, 9.17) is 0 Å². The van der Waals surface area contributed by atoms with Crippen LogP contribution in [-0.2, 0) is 70.4 Å². The largest absolute Gasteiger partial charge is 0.311 e. The van der Waals surface area contributed by atoms with Gasteiger partial charge >= 0.3 is 0 Å². The van der Waals surface area contributed by atoms with Gasteiger partial charge in [0.1, 0.15) is 0 Å². The zero-order valence-corrected chi connectivity index (χ0v) is 96.6. The second-order valence-corrected chi connectivity index (χ2v) is 57.0. The third-order valence-electron chi connectivity index (χ3n) is 34.1. The summed E-state index contributed by atoms with van der Waals surface area (Å²) in [5.41, 5.74) is 47.9. The Balaban J connectivity index is 1.03. The van der Waals surface area contributed by atoms with Crippen LogP contribution in [0.1, 0.15) is 340 Å². The van der Waals surface area contributed by atoms with Crippen molar-refractivity contribution in [1.29, 1.82) is 0 Å². The zero-order valence-electron chi connectivity index (χ0n) is 96.6. The summed E-state index contributed by atoms with van der Waals surface area (Å²) in [7, 11) is 0. The molecule has 0 aromatic heterocycles. The number of nitrogens with zero attached hydrogens (tertiary/aromatic N) is 6. The minimum absolute atomic E-state index is 0.102. The summed E-state index contributed by atoms with van der Waals surface area (Å²) in [6, 6.07) is 120. The SMILES string of the molecule is CC(C)(C)c1ccc(N2c3ccc(C(C)(C)C)cc3B3c4cc(C(C)(C)C)ccc4N(c4ccc(C(C)(C)C)cc4)c4c(C(C)(c5ccc6c7c5N(c5ccc(C(C)(C)C)cc5)c5ccc(C(C)(C)C)cc5B7c5cc(C(C)(C)C)ccc5N6c5ccc(C(C)(C)C)cc5)c5ccc6c7c5N(c5ccc(C(C)(C)C)cc5)c5ccc(C(C)(C)C)cc5B7c5cc(C(C)(C)C)ccc5N6c5ccc(C(C)(C)C)cc5)ccc2c43)cc1. The average molecular weight is 1960 g/mol. The van der Waals surface area contributed by atoms with E-state index in [1.165, 1.54) is 184 Å². The van der Waals surface area contributed by atoms with Gasteiger partial charge in [-0.1, -0.05) is 413 Å². The minimum atomic E-state index is -1.27. The molecule has 0 bridgehead atoms. The quantitative estimate of drug-likeness (QED) is 0.105. The molecular weight excluding hydrogens is 1800 g/mol. The fourth-order valence-corrected chi connectivity index (χ4v) is 24.8. The van der Waals surface area contributed by atoms with E-state index in [1.807, 2.05) is 0 Å². The number of hydrogen-bond acceptors (Lipinski definition) is 6. The molecule has 0 fully saturated rings. The van der Waals surface area contributed by atoms with Crippen molar-refractivity contribution in [2.24, 2.45) is 0 Å². The molecule has 0 unspecified atom stereocenters. The zero-order chi connectivity index (χ0) is 107. The Morgan fingerprint density at radius 3 is 0.409 bits per heavy atom. The van der Waals surface area contributed by atoms with Gasteiger partial charge in [0.2, 0.25) is 0 Å². The van der Waals surface area contributed by atoms with Crippen molar-refractivity contribution in [2.75, 3.05) is 29.4 Å².